The highest BCUT2D eigenvalue weighted by Gasteiger charge is 2.18. The van der Waals surface area contributed by atoms with Crippen LogP contribution in [0.4, 0.5) is 0 Å². The number of aryl methyl sites for hydroxylation is 1. The summed E-state index contributed by atoms with van der Waals surface area (Å²) >= 11 is 0. The average Bonchev–Trinajstić information content (AvgIpc) is 3.01. The van der Waals surface area contributed by atoms with Crippen molar-refractivity contribution in [1.82, 2.24) is 14.5 Å². The highest BCUT2D eigenvalue weighted by atomic mass is 16.5. The lowest BCUT2D eigenvalue weighted by Crippen LogP contribution is -2.33. The van der Waals surface area contributed by atoms with Crippen LogP contribution in [0.1, 0.15) is 15.9 Å². The first-order valence-electron chi connectivity index (χ1n) is 8.07. The summed E-state index contributed by atoms with van der Waals surface area (Å²) in [7, 11) is 3.52. The van der Waals surface area contributed by atoms with Crippen molar-refractivity contribution in [2.45, 2.75) is 6.54 Å². The molecule has 0 aliphatic heterocycles. The van der Waals surface area contributed by atoms with Crippen LogP contribution in [0, 0.1) is 0 Å². The number of carbonyl (C=O) groups excluding carboxylic acids is 1. The average molecular weight is 339 g/mol. The number of methoxy groups -OCH3 is 1. The van der Waals surface area contributed by atoms with Crippen LogP contribution in [0.25, 0.3) is 11.0 Å². The first kappa shape index (κ1) is 17.0. The van der Waals surface area contributed by atoms with Gasteiger partial charge in [-0.3, -0.25) is 4.79 Å². The summed E-state index contributed by atoms with van der Waals surface area (Å²) in [4.78, 5) is 18.8. The molecule has 1 N–H and O–H groups in total. The standard InChI is InChI=1S/C19H21N3O3/c1-21-13-20-16-11-14(7-8-17(16)21)19(24)22(9-10-23)12-15-5-3-4-6-18(15)25-2/h3-8,11,13,23H,9-10,12H2,1-2H3. The Kier molecular flexibility index (Phi) is 5.00. The minimum absolute atomic E-state index is 0.104. The van der Waals surface area contributed by atoms with E-state index >= 15 is 0 Å². The number of aromatic nitrogens is 2. The lowest BCUT2D eigenvalue weighted by Gasteiger charge is -2.23. The highest BCUT2D eigenvalue weighted by molar-refractivity contribution is 5.97. The maximum absolute atomic E-state index is 12.9. The number of benzene rings is 2. The lowest BCUT2D eigenvalue weighted by atomic mass is 10.1. The van der Waals surface area contributed by atoms with Crippen molar-refractivity contribution in [2.75, 3.05) is 20.3 Å². The van der Waals surface area contributed by atoms with Crippen molar-refractivity contribution in [2.24, 2.45) is 7.05 Å². The SMILES string of the molecule is COc1ccccc1CN(CCO)C(=O)c1ccc2c(c1)ncn2C. The molecular weight excluding hydrogens is 318 g/mol. The molecule has 6 heteroatoms. The molecule has 1 aromatic heterocycles. The number of carbonyl (C=O) groups is 1. The molecule has 0 saturated heterocycles. The number of hydrogen-bond acceptors (Lipinski definition) is 4. The Balaban J connectivity index is 1.89. The molecule has 1 amide bonds. The maximum Gasteiger partial charge on any atom is 0.254 e. The van der Waals surface area contributed by atoms with Gasteiger partial charge in [-0.15, -0.1) is 0 Å². The number of imidazole rings is 1. The van der Waals surface area contributed by atoms with Gasteiger partial charge < -0.3 is 19.3 Å². The van der Waals surface area contributed by atoms with Crippen LogP contribution >= 0.6 is 0 Å². The first-order valence-corrected chi connectivity index (χ1v) is 8.07. The van der Waals surface area contributed by atoms with E-state index in [1.54, 1.807) is 30.5 Å². The van der Waals surface area contributed by atoms with E-state index in [0.717, 1.165) is 22.3 Å². The molecule has 6 nitrogen and oxygen atoms in total. The summed E-state index contributed by atoms with van der Waals surface area (Å²) in [5.41, 5.74) is 3.19. The van der Waals surface area contributed by atoms with Crippen molar-refractivity contribution < 1.29 is 14.6 Å². The van der Waals surface area contributed by atoms with Crippen LogP contribution in [0.15, 0.2) is 48.8 Å². The molecule has 2 aromatic carbocycles. The third-order valence-electron chi connectivity index (χ3n) is 4.18. The molecule has 1 heterocycles. The van der Waals surface area contributed by atoms with Crippen molar-refractivity contribution in [3.05, 3.63) is 59.9 Å². The Morgan fingerprint density at radius 3 is 2.84 bits per heavy atom. The van der Waals surface area contributed by atoms with Crippen LogP contribution in [0.2, 0.25) is 0 Å². The fourth-order valence-electron chi connectivity index (χ4n) is 2.86. The van der Waals surface area contributed by atoms with E-state index in [-0.39, 0.29) is 19.1 Å². The van der Waals surface area contributed by atoms with Gasteiger partial charge in [0.05, 0.1) is 31.1 Å². The van der Waals surface area contributed by atoms with Gasteiger partial charge in [-0.05, 0) is 24.3 Å². The van der Waals surface area contributed by atoms with Crippen LogP contribution < -0.4 is 4.74 Å². The van der Waals surface area contributed by atoms with Gasteiger partial charge in [-0.2, -0.15) is 0 Å². The molecule has 25 heavy (non-hydrogen) atoms. The summed E-state index contributed by atoms with van der Waals surface area (Å²) in [6.45, 7) is 0.507. The molecular formula is C19H21N3O3. The Morgan fingerprint density at radius 2 is 2.08 bits per heavy atom. The zero-order valence-corrected chi connectivity index (χ0v) is 14.3. The molecule has 0 saturated carbocycles. The van der Waals surface area contributed by atoms with Gasteiger partial charge in [0.1, 0.15) is 5.75 Å². The molecule has 0 aliphatic carbocycles. The second-order valence-corrected chi connectivity index (χ2v) is 5.82. The molecule has 0 spiro atoms. The van der Waals surface area contributed by atoms with Crippen molar-refractivity contribution in [1.29, 1.82) is 0 Å². The first-order chi connectivity index (χ1) is 12.1. The molecule has 0 bridgehead atoms. The molecule has 0 unspecified atom stereocenters. The summed E-state index contributed by atoms with van der Waals surface area (Å²) in [5, 5.41) is 9.37. The van der Waals surface area contributed by atoms with Crippen molar-refractivity contribution in [3.63, 3.8) is 0 Å². The number of ether oxygens (including phenoxy) is 1. The minimum Gasteiger partial charge on any atom is -0.496 e. The second kappa shape index (κ2) is 7.36. The Bertz CT molecular complexity index is 889. The highest BCUT2D eigenvalue weighted by Crippen LogP contribution is 2.21. The molecule has 3 rings (SSSR count). The second-order valence-electron chi connectivity index (χ2n) is 5.82. The molecule has 130 valence electrons. The van der Waals surface area contributed by atoms with E-state index in [4.69, 9.17) is 4.74 Å². The fraction of sp³-hybridized carbons (Fsp3) is 0.263. The predicted octanol–water partition coefficient (Wildman–Crippen LogP) is 2.22. The summed E-state index contributed by atoms with van der Waals surface area (Å²) in [6, 6.07) is 13.0. The number of aliphatic hydroxyl groups excluding tert-OH is 1. The summed E-state index contributed by atoms with van der Waals surface area (Å²) in [5.74, 6) is 0.575. The number of para-hydroxylation sites is 1. The number of nitrogens with zero attached hydrogens (tertiary/aromatic N) is 3. The minimum atomic E-state index is -0.146. The third-order valence-corrected chi connectivity index (χ3v) is 4.18. The monoisotopic (exact) mass is 339 g/mol. The quantitative estimate of drug-likeness (QED) is 0.748. The lowest BCUT2D eigenvalue weighted by molar-refractivity contribution is 0.0706. The van der Waals surface area contributed by atoms with E-state index < -0.39 is 0 Å². The van der Waals surface area contributed by atoms with Crippen LogP contribution in [0.3, 0.4) is 0 Å². The van der Waals surface area contributed by atoms with Gasteiger partial charge in [0.2, 0.25) is 0 Å². The van der Waals surface area contributed by atoms with Gasteiger partial charge in [0.25, 0.3) is 5.91 Å². The van der Waals surface area contributed by atoms with E-state index in [0.29, 0.717) is 12.1 Å². The predicted molar refractivity (Wildman–Crippen MR) is 95.5 cm³/mol. The normalized spacial score (nSPS) is 10.8. The van der Waals surface area contributed by atoms with Gasteiger partial charge in [0.15, 0.2) is 0 Å². The molecule has 0 atom stereocenters. The van der Waals surface area contributed by atoms with Crippen molar-refractivity contribution in [3.8, 4) is 5.75 Å². The molecule has 0 fully saturated rings. The summed E-state index contributed by atoms with van der Waals surface area (Å²) in [6.07, 6.45) is 1.72. The molecule has 0 aliphatic rings. The number of rotatable bonds is 6. The Labute approximate surface area is 146 Å². The van der Waals surface area contributed by atoms with Gasteiger partial charge in [-0.25, -0.2) is 4.98 Å². The number of amides is 1. The smallest absolute Gasteiger partial charge is 0.254 e. The maximum atomic E-state index is 12.9. The van der Waals surface area contributed by atoms with E-state index in [1.165, 1.54) is 0 Å². The molecule has 3 aromatic rings. The van der Waals surface area contributed by atoms with Crippen LogP contribution in [-0.2, 0) is 13.6 Å². The Hall–Kier alpha value is -2.86. The van der Waals surface area contributed by atoms with Crippen LogP contribution in [-0.4, -0.2) is 45.7 Å². The number of fused-ring (bicyclic) bond motifs is 1. The zero-order chi connectivity index (χ0) is 17.8. The number of hydrogen-bond donors (Lipinski definition) is 1. The summed E-state index contributed by atoms with van der Waals surface area (Å²) < 4.78 is 7.26. The molecule has 0 radical (unpaired) electrons. The fourth-order valence-corrected chi connectivity index (χ4v) is 2.86. The Morgan fingerprint density at radius 1 is 1.28 bits per heavy atom. The van der Waals surface area contributed by atoms with Gasteiger partial charge >= 0.3 is 0 Å². The van der Waals surface area contributed by atoms with Gasteiger partial charge in [-0.1, -0.05) is 18.2 Å². The van der Waals surface area contributed by atoms with E-state index in [1.807, 2.05) is 41.9 Å². The van der Waals surface area contributed by atoms with E-state index in [9.17, 15) is 9.90 Å². The topological polar surface area (TPSA) is 67.6 Å². The van der Waals surface area contributed by atoms with Gasteiger partial charge in [0, 0.05) is 31.3 Å². The van der Waals surface area contributed by atoms with Crippen LogP contribution in [0.5, 0.6) is 5.75 Å². The van der Waals surface area contributed by atoms with Crippen molar-refractivity contribution >= 4 is 16.9 Å². The zero-order valence-electron chi connectivity index (χ0n) is 14.3. The largest absolute Gasteiger partial charge is 0.496 e. The number of aliphatic hydroxyl groups is 1. The van der Waals surface area contributed by atoms with E-state index in [2.05, 4.69) is 4.98 Å². The third kappa shape index (κ3) is 3.49.